The van der Waals surface area contributed by atoms with Gasteiger partial charge >= 0.3 is 0 Å². The fourth-order valence-corrected chi connectivity index (χ4v) is 1.44. The van der Waals surface area contributed by atoms with E-state index in [0.29, 0.717) is 19.4 Å². The molecule has 0 spiro atoms. The standard InChI is InChI=1S/C7H12N2O3/c10-5-9-4-2-1-3-6(9)7(11)8-12/h5-6,12H,1-4H2,(H,8,11). The number of hydrogen-bond donors (Lipinski definition) is 2. The zero-order valence-corrected chi connectivity index (χ0v) is 6.69. The Morgan fingerprint density at radius 3 is 2.92 bits per heavy atom. The highest BCUT2D eigenvalue weighted by atomic mass is 16.5. The molecule has 0 bridgehead atoms. The predicted molar refractivity (Wildman–Crippen MR) is 40.3 cm³/mol. The van der Waals surface area contributed by atoms with Crippen molar-refractivity contribution in [2.45, 2.75) is 25.3 Å². The maximum atomic E-state index is 11.0. The SMILES string of the molecule is O=CN1CCCCC1C(=O)NO. The van der Waals surface area contributed by atoms with Gasteiger partial charge in [0.1, 0.15) is 6.04 Å². The van der Waals surface area contributed by atoms with Gasteiger partial charge in [0, 0.05) is 6.54 Å². The molecule has 2 N–H and O–H groups in total. The van der Waals surface area contributed by atoms with Crippen molar-refractivity contribution < 1.29 is 14.8 Å². The number of carbonyl (C=O) groups excluding carboxylic acids is 2. The summed E-state index contributed by atoms with van der Waals surface area (Å²) in [6.07, 6.45) is 3.13. The molecule has 68 valence electrons. The summed E-state index contributed by atoms with van der Waals surface area (Å²) in [6.45, 7) is 0.599. The van der Waals surface area contributed by atoms with Gasteiger partial charge in [0.25, 0.3) is 5.91 Å². The average Bonchev–Trinajstić information content (AvgIpc) is 2.16. The minimum atomic E-state index is -0.498. The molecular weight excluding hydrogens is 160 g/mol. The Hall–Kier alpha value is -1.10. The number of hydroxylamine groups is 1. The van der Waals surface area contributed by atoms with Crippen molar-refractivity contribution >= 4 is 12.3 Å². The van der Waals surface area contributed by atoms with Gasteiger partial charge in [0.15, 0.2) is 0 Å². The Morgan fingerprint density at radius 1 is 1.58 bits per heavy atom. The highest BCUT2D eigenvalue weighted by molar-refractivity contribution is 5.82. The topological polar surface area (TPSA) is 69.6 Å². The minimum Gasteiger partial charge on any atom is -0.333 e. The van der Waals surface area contributed by atoms with Gasteiger partial charge in [0.2, 0.25) is 6.41 Å². The van der Waals surface area contributed by atoms with Crippen LogP contribution in [0.5, 0.6) is 0 Å². The van der Waals surface area contributed by atoms with Crippen molar-refractivity contribution in [2.75, 3.05) is 6.54 Å². The number of nitrogens with one attached hydrogen (secondary N) is 1. The molecule has 1 fully saturated rings. The molecule has 0 aliphatic carbocycles. The zero-order chi connectivity index (χ0) is 8.97. The number of piperidine rings is 1. The summed E-state index contributed by atoms with van der Waals surface area (Å²) in [4.78, 5) is 22.8. The van der Waals surface area contributed by atoms with E-state index in [2.05, 4.69) is 0 Å². The van der Waals surface area contributed by atoms with Gasteiger partial charge in [-0.3, -0.25) is 14.8 Å². The Morgan fingerprint density at radius 2 is 2.33 bits per heavy atom. The lowest BCUT2D eigenvalue weighted by Gasteiger charge is -2.30. The Balaban J connectivity index is 2.58. The van der Waals surface area contributed by atoms with E-state index < -0.39 is 11.9 Å². The van der Waals surface area contributed by atoms with Gasteiger partial charge in [0.05, 0.1) is 0 Å². The molecule has 1 saturated heterocycles. The molecule has 0 aromatic heterocycles. The Bertz CT molecular complexity index is 183. The summed E-state index contributed by atoms with van der Waals surface area (Å²) in [5, 5.41) is 8.36. The van der Waals surface area contributed by atoms with E-state index in [4.69, 9.17) is 5.21 Å². The summed E-state index contributed by atoms with van der Waals surface area (Å²) in [6, 6.07) is -0.485. The smallest absolute Gasteiger partial charge is 0.266 e. The molecule has 0 radical (unpaired) electrons. The molecule has 1 heterocycles. The van der Waals surface area contributed by atoms with Crippen molar-refractivity contribution in [3.8, 4) is 0 Å². The molecule has 12 heavy (non-hydrogen) atoms. The highest BCUT2D eigenvalue weighted by Gasteiger charge is 2.26. The number of carbonyl (C=O) groups is 2. The molecule has 5 nitrogen and oxygen atoms in total. The van der Waals surface area contributed by atoms with E-state index in [1.54, 1.807) is 5.48 Å². The first kappa shape index (κ1) is 8.99. The van der Waals surface area contributed by atoms with Crippen molar-refractivity contribution in [2.24, 2.45) is 0 Å². The summed E-state index contributed by atoms with van der Waals surface area (Å²) >= 11 is 0. The monoisotopic (exact) mass is 172 g/mol. The first-order chi connectivity index (χ1) is 5.79. The number of likely N-dealkylation sites (tertiary alicyclic amines) is 1. The maximum Gasteiger partial charge on any atom is 0.266 e. The molecule has 1 unspecified atom stereocenters. The van der Waals surface area contributed by atoms with Crippen LogP contribution < -0.4 is 5.48 Å². The number of hydrogen-bond acceptors (Lipinski definition) is 3. The van der Waals surface area contributed by atoms with Crippen LogP contribution in [0.3, 0.4) is 0 Å². The van der Waals surface area contributed by atoms with Crippen LogP contribution in [-0.4, -0.2) is 35.0 Å². The van der Waals surface area contributed by atoms with Crippen LogP contribution in [0.25, 0.3) is 0 Å². The quantitative estimate of drug-likeness (QED) is 0.335. The van der Waals surface area contributed by atoms with Crippen molar-refractivity contribution in [1.82, 2.24) is 10.4 Å². The molecule has 2 amide bonds. The van der Waals surface area contributed by atoms with Gasteiger partial charge < -0.3 is 4.90 Å². The summed E-state index contributed by atoms with van der Waals surface area (Å²) in [7, 11) is 0. The molecule has 1 atom stereocenters. The zero-order valence-electron chi connectivity index (χ0n) is 6.69. The fourth-order valence-electron chi connectivity index (χ4n) is 1.44. The van der Waals surface area contributed by atoms with Gasteiger partial charge in [-0.1, -0.05) is 0 Å². The molecular formula is C7H12N2O3. The maximum absolute atomic E-state index is 11.0. The molecule has 1 aliphatic heterocycles. The van der Waals surface area contributed by atoms with Gasteiger partial charge in [-0.2, -0.15) is 0 Å². The minimum absolute atomic E-state index is 0.485. The van der Waals surface area contributed by atoms with Gasteiger partial charge in [-0.05, 0) is 19.3 Å². The summed E-state index contributed by atoms with van der Waals surface area (Å²) in [5.74, 6) is -0.498. The predicted octanol–water partition coefficient (Wildman–Crippen LogP) is -0.497. The third kappa shape index (κ3) is 1.73. The van der Waals surface area contributed by atoms with E-state index >= 15 is 0 Å². The van der Waals surface area contributed by atoms with Gasteiger partial charge in [-0.25, -0.2) is 5.48 Å². The van der Waals surface area contributed by atoms with Crippen LogP contribution in [0, 0.1) is 0 Å². The number of nitrogens with zero attached hydrogens (tertiary/aromatic N) is 1. The first-order valence-corrected chi connectivity index (χ1v) is 3.94. The first-order valence-electron chi connectivity index (χ1n) is 3.94. The van der Waals surface area contributed by atoms with Crippen molar-refractivity contribution in [3.63, 3.8) is 0 Å². The Kier molecular flexibility index (Phi) is 3.04. The number of rotatable bonds is 2. The van der Waals surface area contributed by atoms with Crippen molar-refractivity contribution in [3.05, 3.63) is 0 Å². The van der Waals surface area contributed by atoms with Crippen LogP contribution in [0.15, 0.2) is 0 Å². The highest BCUT2D eigenvalue weighted by Crippen LogP contribution is 2.14. The lowest BCUT2D eigenvalue weighted by molar-refractivity contribution is -0.140. The molecule has 1 rings (SSSR count). The third-order valence-electron chi connectivity index (χ3n) is 2.09. The van der Waals surface area contributed by atoms with Crippen LogP contribution in [0.2, 0.25) is 0 Å². The largest absolute Gasteiger partial charge is 0.333 e. The van der Waals surface area contributed by atoms with E-state index in [1.807, 2.05) is 0 Å². The lowest BCUT2D eigenvalue weighted by Crippen LogP contribution is -2.48. The third-order valence-corrected chi connectivity index (χ3v) is 2.09. The second-order valence-electron chi connectivity index (χ2n) is 2.83. The van der Waals surface area contributed by atoms with Crippen LogP contribution in [0.4, 0.5) is 0 Å². The van der Waals surface area contributed by atoms with E-state index in [9.17, 15) is 9.59 Å². The second-order valence-corrected chi connectivity index (χ2v) is 2.83. The summed E-state index contributed by atoms with van der Waals surface area (Å²) < 4.78 is 0. The summed E-state index contributed by atoms with van der Waals surface area (Å²) in [5.41, 5.74) is 1.56. The fraction of sp³-hybridized carbons (Fsp3) is 0.714. The van der Waals surface area contributed by atoms with Crippen LogP contribution in [-0.2, 0) is 9.59 Å². The van der Waals surface area contributed by atoms with Crippen LogP contribution in [0.1, 0.15) is 19.3 Å². The molecule has 5 heteroatoms. The Labute approximate surface area is 70.3 Å². The molecule has 1 aliphatic rings. The van der Waals surface area contributed by atoms with Crippen LogP contribution >= 0.6 is 0 Å². The molecule has 0 aromatic rings. The molecule has 0 aromatic carbocycles. The van der Waals surface area contributed by atoms with Crippen molar-refractivity contribution in [1.29, 1.82) is 0 Å². The van der Waals surface area contributed by atoms with E-state index in [1.165, 1.54) is 4.90 Å². The second kappa shape index (κ2) is 4.06. The normalized spacial score (nSPS) is 23.4. The van der Waals surface area contributed by atoms with E-state index in [-0.39, 0.29) is 0 Å². The average molecular weight is 172 g/mol. The van der Waals surface area contributed by atoms with E-state index in [0.717, 1.165) is 12.8 Å². The molecule has 0 saturated carbocycles. The number of amides is 2. The van der Waals surface area contributed by atoms with Gasteiger partial charge in [-0.15, -0.1) is 0 Å². The lowest BCUT2D eigenvalue weighted by atomic mass is 10.0.